The van der Waals surface area contributed by atoms with E-state index in [4.69, 9.17) is 4.74 Å². The molecule has 8 heteroatoms. The van der Waals surface area contributed by atoms with Gasteiger partial charge in [0, 0.05) is 30.6 Å². The van der Waals surface area contributed by atoms with Gasteiger partial charge in [0.1, 0.15) is 22.4 Å². The highest BCUT2D eigenvalue weighted by molar-refractivity contribution is 7.89. The van der Waals surface area contributed by atoms with E-state index in [-0.39, 0.29) is 35.8 Å². The molecule has 2 aliphatic rings. The molecular weight excluding hydrogens is 416 g/mol. The molecule has 1 aliphatic carbocycles. The number of likely N-dealkylation sites (N-methyl/N-ethyl adjacent to an activating group) is 1. The third-order valence-electron chi connectivity index (χ3n) is 6.08. The fourth-order valence-electron chi connectivity index (χ4n) is 4.15. The topological polar surface area (TPSA) is 90.3 Å². The van der Waals surface area contributed by atoms with E-state index in [1.807, 2.05) is 25.9 Å². The summed E-state index contributed by atoms with van der Waals surface area (Å²) in [4.78, 5) is 2.09. The number of ether oxygens (including phenoxy) is 1. The van der Waals surface area contributed by atoms with E-state index in [1.54, 1.807) is 19.1 Å². The Morgan fingerprint density at radius 3 is 2.61 bits per heavy atom. The van der Waals surface area contributed by atoms with E-state index in [9.17, 15) is 18.6 Å². The summed E-state index contributed by atoms with van der Waals surface area (Å²) in [5, 5.41) is 20.2. The van der Waals surface area contributed by atoms with Crippen LogP contribution in [0.25, 0.3) is 0 Å². The summed E-state index contributed by atoms with van der Waals surface area (Å²) >= 11 is 0. The van der Waals surface area contributed by atoms with Crippen molar-refractivity contribution in [1.29, 1.82) is 0 Å². The van der Waals surface area contributed by atoms with Crippen LogP contribution >= 0.6 is 0 Å². The molecule has 0 aromatic heterocycles. The van der Waals surface area contributed by atoms with Crippen molar-refractivity contribution in [2.24, 2.45) is 5.92 Å². The molecule has 3 rings (SSSR count). The van der Waals surface area contributed by atoms with Gasteiger partial charge >= 0.3 is 0 Å². The van der Waals surface area contributed by atoms with Crippen LogP contribution in [0.4, 0.5) is 0 Å². The molecule has 2 N–H and O–H groups in total. The van der Waals surface area contributed by atoms with Crippen LogP contribution in [0.1, 0.15) is 45.1 Å². The van der Waals surface area contributed by atoms with Crippen molar-refractivity contribution in [1.82, 2.24) is 9.21 Å². The summed E-state index contributed by atoms with van der Waals surface area (Å²) < 4.78 is 34.5. The summed E-state index contributed by atoms with van der Waals surface area (Å²) in [6, 6.07) is 4.28. The van der Waals surface area contributed by atoms with Gasteiger partial charge in [0.25, 0.3) is 0 Å². The first-order chi connectivity index (χ1) is 14.6. The average molecular weight is 451 g/mol. The van der Waals surface area contributed by atoms with Gasteiger partial charge in [-0.05, 0) is 64.9 Å². The second kappa shape index (κ2) is 9.47. The molecule has 1 aromatic rings. The number of rotatable bonds is 4. The summed E-state index contributed by atoms with van der Waals surface area (Å²) in [6.07, 6.45) is 3.00. The Hall–Kier alpha value is -1.63. The van der Waals surface area contributed by atoms with E-state index in [0.717, 1.165) is 12.8 Å². The SMILES string of the molecule is C[C@H]1CN([C@@H](C)CO)S(=O)(=O)c2ccc(C#CC3(O)CCCC3)cc2O[C@H]1CN(C)C. The third kappa shape index (κ3) is 5.41. The zero-order valence-electron chi connectivity index (χ0n) is 18.8. The van der Waals surface area contributed by atoms with Crippen molar-refractivity contribution in [3.05, 3.63) is 23.8 Å². The summed E-state index contributed by atoms with van der Waals surface area (Å²) in [6.45, 7) is 4.29. The van der Waals surface area contributed by atoms with Crippen molar-refractivity contribution in [3.63, 3.8) is 0 Å². The van der Waals surface area contributed by atoms with Gasteiger partial charge in [0.15, 0.2) is 0 Å². The van der Waals surface area contributed by atoms with Gasteiger partial charge in [0.2, 0.25) is 10.0 Å². The maximum absolute atomic E-state index is 13.4. The summed E-state index contributed by atoms with van der Waals surface area (Å²) in [5.41, 5.74) is -0.361. The zero-order chi connectivity index (χ0) is 22.8. The van der Waals surface area contributed by atoms with Gasteiger partial charge < -0.3 is 19.8 Å². The van der Waals surface area contributed by atoms with Crippen LogP contribution in [0, 0.1) is 17.8 Å². The molecule has 3 atom stereocenters. The highest BCUT2D eigenvalue weighted by Crippen LogP contribution is 2.34. The van der Waals surface area contributed by atoms with E-state index >= 15 is 0 Å². The second-order valence-electron chi connectivity index (χ2n) is 9.15. The standard InChI is InChI=1S/C23H34N2O5S/c1-17-14-25(18(2)16-26)31(28,29)22-8-7-19(9-12-23(27)10-5-6-11-23)13-20(22)30-21(17)15-24(3)4/h7-8,13,17-18,21,26-27H,5-6,10-11,14-16H2,1-4H3/t17-,18-,21-/m0/s1. The molecule has 1 heterocycles. The second-order valence-corrected chi connectivity index (χ2v) is 11.0. The lowest BCUT2D eigenvalue weighted by Crippen LogP contribution is -2.49. The molecule has 0 unspecified atom stereocenters. The van der Waals surface area contributed by atoms with Crippen LogP contribution in [0.5, 0.6) is 5.75 Å². The zero-order valence-corrected chi connectivity index (χ0v) is 19.7. The van der Waals surface area contributed by atoms with E-state index in [1.165, 1.54) is 10.4 Å². The van der Waals surface area contributed by atoms with Crippen molar-refractivity contribution in [2.45, 2.75) is 62.2 Å². The predicted molar refractivity (Wildman–Crippen MR) is 119 cm³/mol. The molecule has 0 spiro atoms. The normalized spacial score (nSPS) is 26.2. The molecule has 1 fully saturated rings. The molecule has 31 heavy (non-hydrogen) atoms. The Labute approximate surface area is 186 Å². The van der Waals surface area contributed by atoms with Crippen LogP contribution in [0.2, 0.25) is 0 Å². The monoisotopic (exact) mass is 450 g/mol. The minimum absolute atomic E-state index is 0.0774. The molecule has 0 amide bonds. The van der Waals surface area contributed by atoms with E-state index < -0.39 is 21.7 Å². The van der Waals surface area contributed by atoms with Crippen LogP contribution in [0.15, 0.2) is 23.1 Å². The van der Waals surface area contributed by atoms with Crippen LogP contribution in [0.3, 0.4) is 0 Å². The number of aliphatic hydroxyl groups excluding tert-OH is 1. The first-order valence-corrected chi connectivity index (χ1v) is 12.3. The Balaban J connectivity index is 2.06. The largest absolute Gasteiger partial charge is 0.487 e. The highest BCUT2D eigenvalue weighted by atomic mass is 32.2. The summed E-state index contributed by atoms with van der Waals surface area (Å²) in [7, 11) is 0.0374. The predicted octanol–water partition coefficient (Wildman–Crippen LogP) is 1.67. The lowest BCUT2D eigenvalue weighted by Gasteiger charge is -2.37. The van der Waals surface area contributed by atoms with Crippen molar-refractivity contribution in [3.8, 4) is 17.6 Å². The molecular formula is C23H34N2O5S. The number of fused-ring (bicyclic) bond motifs is 1. The van der Waals surface area contributed by atoms with Gasteiger partial charge in [-0.1, -0.05) is 18.8 Å². The Kier molecular flexibility index (Phi) is 7.34. The first-order valence-electron chi connectivity index (χ1n) is 10.9. The number of aliphatic hydroxyl groups is 2. The molecule has 7 nitrogen and oxygen atoms in total. The van der Waals surface area contributed by atoms with Gasteiger partial charge in [-0.25, -0.2) is 8.42 Å². The number of nitrogens with zero attached hydrogens (tertiary/aromatic N) is 2. The molecule has 0 radical (unpaired) electrons. The maximum atomic E-state index is 13.4. The van der Waals surface area contributed by atoms with Crippen LogP contribution in [-0.2, 0) is 10.0 Å². The smallest absolute Gasteiger partial charge is 0.247 e. The fraction of sp³-hybridized carbons (Fsp3) is 0.652. The van der Waals surface area contributed by atoms with Crippen LogP contribution in [-0.4, -0.2) is 79.4 Å². The number of hydrogen-bond donors (Lipinski definition) is 2. The number of hydrogen-bond acceptors (Lipinski definition) is 6. The molecule has 1 saturated carbocycles. The van der Waals surface area contributed by atoms with E-state index in [0.29, 0.717) is 24.9 Å². The Morgan fingerprint density at radius 1 is 1.32 bits per heavy atom. The van der Waals surface area contributed by atoms with Gasteiger partial charge in [-0.2, -0.15) is 4.31 Å². The Morgan fingerprint density at radius 2 is 2.00 bits per heavy atom. The lowest BCUT2D eigenvalue weighted by atomic mass is 10.0. The van der Waals surface area contributed by atoms with Gasteiger partial charge in [-0.15, -0.1) is 0 Å². The number of benzene rings is 1. The van der Waals surface area contributed by atoms with Crippen molar-refractivity contribution < 1.29 is 23.4 Å². The number of sulfonamides is 1. The molecule has 1 aliphatic heterocycles. The Bertz CT molecular complexity index is 944. The van der Waals surface area contributed by atoms with E-state index in [2.05, 4.69) is 11.8 Å². The molecule has 0 saturated heterocycles. The van der Waals surface area contributed by atoms with Crippen LogP contribution < -0.4 is 4.74 Å². The molecule has 1 aromatic carbocycles. The molecule has 172 valence electrons. The minimum atomic E-state index is -3.86. The first kappa shape index (κ1) is 24.0. The van der Waals surface area contributed by atoms with Gasteiger partial charge in [0.05, 0.1) is 6.61 Å². The van der Waals surface area contributed by atoms with Crippen molar-refractivity contribution in [2.75, 3.05) is 33.8 Å². The quantitative estimate of drug-likeness (QED) is 0.679. The molecule has 0 bridgehead atoms. The van der Waals surface area contributed by atoms with Gasteiger partial charge in [-0.3, -0.25) is 0 Å². The average Bonchev–Trinajstić information content (AvgIpc) is 3.15. The third-order valence-corrected chi connectivity index (χ3v) is 8.10. The highest BCUT2D eigenvalue weighted by Gasteiger charge is 2.38. The van der Waals surface area contributed by atoms with Crippen molar-refractivity contribution >= 4 is 10.0 Å². The lowest BCUT2D eigenvalue weighted by molar-refractivity contribution is 0.0812. The minimum Gasteiger partial charge on any atom is -0.487 e. The fourth-order valence-corrected chi connectivity index (χ4v) is 5.98. The maximum Gasteiger partial charge on any atom is 0.247 e. The summed E-state index contributed by atoms with van der Waals surface area (Å²) in [5.74, 6) is 6.15.